The fraction of sp³-hybridized carbons (Fsp3) is 0.533. The molecule has 1 saturated heterocycles. The third kappa shape index (κ3) is 4.59. The molecular weight excluding hydrogens is 292 g/mol. The van der Waals surface area contributed by atoms with Crippen LogP contribution in [-0.2, 0) is 14.3 Å². The van der Waals surface area contributed by atoms with Crippen LogP contribution in [0.5, 0.6) is 0 Å². The highest BCUT2D eigenvalue weighted by Crippen LogP contribution is 2.25. The van der Waals surface area contributed by atoms with Gasteiger partial charge in [0.15, 0.2) is 0 Å². The summed E-state index contributed by atoms with van der Waals surface area (Å²) in [4.78, 5) is 16.0. The first-order valence-electron chi connectivity index (χ1n) is 7.06. The minimum atomic E-state index is 0.0323. The molecule has 0 bridgehead atoms. The number of carbonyl (C=O) groups is 1. The number of para-hydroxylation sites is 1. The van der Waals surface area contributed by atoms with Gasteiger partial charge < -0.3 is 19.3 Å². The molecule has 116 valence electrons. The van der Waals surface area contributed by atoms with Gasteiger partial charge in [-0.25, -0.2) is 0 Å². The fourth-order valence-electron chi connectivity index (χ4n) is 2.30. The predicted molar refractivity (Wildman–Crippen MR) is 82.9 cm³/mol. The Morgan fingerprint density at radius 2 is 1.90 bits per heavy atom. The number of rotatable bonds is 6. The Labute approximate surface area is 130 Å². The zero-order valence-electron chi connectivity index (χ0n) is 12.3. The van der Waals surface area contributed by atoms with Crippen LogP contribution in [-0.4, -0.2) is 63.9 Å². The Bertz CT molecular complexity index is 462. The lowest BCUT2D eigenvalue weighted by atomic mass is 10.2. The molecule has 0 atom stereocenters. The molecule has 1 fully saturated rings. The molecule has 2 rings (SSSR count). The van der Waals surface area contributed by atoms with Crippen molar-refractivity contribution in [3.63, 3.8) is 0 Å². The summed E-state index contributed by atoms with van der Waals surface area (Å²) in [6.07, 6.45) is 0. The second kappa shape index (κ2) is 8.22. The number of piperazine rings is 1. The highest BCUT2D eigenvalue weighted by atomic mass is 35.5. The van der Waals surface area contributed by atoms with Crippen LogP contribution in [0.4, 0.5) is 5.69 Å². The first-order chi connectivity index (χ1) is 10.2. The summed E-state index contributed by atoms with van der Waals surface area (Å²) < 4.78 is 10.1. The molecule has 1 amide bonds. The third-order valence-corrected chi connectivity index (χ3v) is 3.80. The number of hydrogen-bond donors (Lipinski definition) is 0. The zero-order chi connectivity index (χ0) is 15.1. The van der Waals surface area contributed by atoms with E-state index >= 15 is 0 Å². The Kier molecular flexibility index (Phi) is 6.29. The maximum absolute atomic E-state index is 12.0. The molecule has 1 aliphatic heterocycles. The summed E-state index contributed by atoms with van der Waals surface area (Å²) in [5.41, 5.74) is 1.03. The Balaban J connectivity index is 1.78. The fourth-order valence-corrected chi connectivity index (χ4v) is 2.55. The number of nitrogens with zero attached hydrogens (tertiary/aromatic N) is 2. The second-order valence-corrected chi connectivity index (χ2v) is 5.27. The lowest BCUT2D eigenvalue weighted by Crippen LogP contribution is -2.49. The van der Waals surface area contributed by atoms with Crippen LogP contribution < -0.4 is 4.90 Å². The third-order valence-electron chi connectivity index (χ3n) is 3.48. The smallest absolute Gasteiger partial charge is 0.248 e. The van der Waals surface area contributed by atoms with E-state index in [0.29, 0.717) is 26.3 Å². The van der Waals surface area contributed by atoms with Crippen LogP contribution in [0.2, 0.25) is 5.02 Å². The van der Waals surface area contributed by atoms with Gasteiger partial charge in [-0.15, -0.1) is 0 Å². The van der Waals surface area contributed by atoms with Crippen molar-refractivity contribution in [2.24, 2.45) is 0 Å². The Morgan fingerprint density at radius 3 is 2.57 bits per heavy atom. The van der Waals surface area contributed by atoms with Gasteiger partial charge in [-0.2, -0.15) is 0 Å². The molecule has 1 aromatic rings. The van der Waals surface area contributed by atoms with E-state index in [-0.39, 0.29) is 12.5 Å². The largest absolute Gasteiger partial charge is 0.382 e. The molecule has 0 unspecified atom stereocenters. The highest BCUT2D eigenvalue weighted by Gasteiger charge is 2.22. The minimum absolute atomic E-state index is 0.0323. The van der Waals surface area contributed by atoms with Crippen LogP contribution in [0.1, 0.15) is 0 Å². The van der Waals surface area contributed by atoms with Crippen LogP contribution in [0.3, 0.4) is 0 Å². The average molecular weight is 313 g/mol. The number of amides is 1. The van der Waals surface area contributed by atoms with Gasteiger partial charge in [0.2, 0.25) is 5.91 Å². The van der Waals surface area contributed by atoms with Crippen molar-refractivity contribution >= 4 is 23.2 Å². The van der Waals surface area contributed by atoms with Gasteiger partial charge in [0.05, 0.1) is 23.9 Å². The van der Waals surface area contributed by atoms with Gasteiger partial charge in [0, 0.05) is 33.3 Å². The zero-order valence-corrected chi connectivity index (χ0v) is 13.0. The predicted octanol–water partition coefficient (Wildman–Crippen LogP) is 1.65. The van der Waals surface area contributed by atoms with Gasteiger partial charge in [0.25, 0.3) is 0 Å². The molecule has 1 heterocycles. The first kappa shape index (κ1) is 16.1. The SMILES string of the molecule is COCCOCC(=O)N1CCN(c2ccccc2Cl)CC1. The minimum Gasteiger partial charge on any atom is -0.382 e. The Hall–Kier alpha value is -1.30. The number of carbonyl (C=O) groups excluding carboxylic acids is 1. The normalized spacial score (nSPS) is 15.3. The molecule has 1 aromatic carbocycles. The van der Waals surface area contributed by atoms with Gasteiger partial charge in [-0.1, -0.05) is 23.7 Å². The molecule has 0 N–H and O–H groups in total. The quantitative estimate of drug-likeness (QED) is 0.749. The Morgan fingerprint density at radius 1 is 1.19 bits per heavy atom. The van der Waals surface area contributed by atoms with E-state index in [1.165, 1.54) is 0 Å². The van der Waals surface area contributed by atoms with E-state index in [9.17, 15) is 4.79 Å². The van der Waals surface area contributed by atoms with Crippen LogP contribution in [0.15, 0.2) is 24.3 Å². The van der Waals surface area contributed by atoms with Crippen molar-refractivity contribution in [1.82, 2.24) is 4.90 Å². The summed E-state index contributed by atoms with van der Waals surface area (Å²) in [6.45, 7) is 4.03. The van der Waals surface area contributed by atoms with Crippen molar-refractivity contribution in [3.05, 3.63) is 29.3 Å². The summed E-state index contributed by atoms with van der Waals surface area (Å²) in [5.74, 6) is 0.0323. The molecule has 0 saturated carbocycles. The highest BCUT2D eigenvalue weighted by molar-refractivity contribution is 6.33. The number of hydrogen-bond acceptors (Lipinski definition) is 4. The number of anilines is 1. The van der Waals surface area contributed by atoms with Crippen LogP contribution in [0.25, 0.3) is 0 Å². The maximum Gasteiger partial charge on any atom is 0.248 e. The van der Waals surface area contributed by atoms with E-state index in [1.807, 2.05) is 29.2 Å². The summed E-state index contributed by atoms with van der Waals surface area (Å²) in [5, 5.41) is 0.750. The van der Waals surface area contributed by atoms with Crippen LogP contribution >= 0.6 is 11.6 Å². The molecule has 21 heavy (non-hydrogen) atoms. The van der Waals surface area contributed by atoms with Gasteiger partial charge in [-0.05, 0) is 12.1 Å². The monoisotopic (exact) mass is 312 g/mol. The second-order valence-electron chi connectivity index (χ2n) is 4.86. The topological polar surface area (TPSA) is 42.0 Å². The van der Waals surface area contributed by atoms with E-state index in [2.05, 4.69) is 4.90 Å². The van der Waals surface area contributed by atoms with Crippen molar-refractivity contribution < 1.29 is 14.3 Å². The molecule has 5 nitrogen and oxygen atoms in total. The standard InChI is InChI=1S/C15H21ClN2O3/c1-20-10-11-21-12-15(19)18-8-6-17(7-9-18)14-5-3-2-4-13(14)16/h2-5H,6-12H2,1H3. The summed E-state index contributed by atoms with van der Waals surface area (Å²) in [7, 11) is 1.61. The van der Waals surface area contributed by atoms with E-state index in [0.717, 1.165) is 23.8 Å². The van der Waals surface area contributed by atoms with Crippen LogP contribution in [0, 0.1) is 0 Å². The summed E-state index contributed by atoms with van der Waals surface area (Å²) in [6, 6.07) is 7.79. The van der Waals surface area contributed by atoms with Gasteiger partial charge >= 0.3 is 0 Å². The van der Waals surface area contributed by atoms with Crippen molar-refractivity contribution in [2.75, 3.05) is 58.0 Å². The van der Waals surface area contributed by atoms with Gasteiger partial charge in [-0.3, -0.25) is 4.79 Å². The maximum atomic E-state index is 12.0. The number of benzene rings is 1. The lowest BCUT2D eigenvalue weighted by molar-refractivity contribution is -0.136. The van der Waals surface area contributed by atoms with Crippen molar-refractivity contribution in [3.8, 4) is 0 Å². The number of methoxy groups -OCH3 is 1. The molecule has 6 heteroatoms. The van der Waals surface area contributed by atoms with E-state index in [1.54, 1.807) is 7.11 Å². The molecule has 0 radical (unpaired) electrons. The molecule has 0 aromatic heterocycles. The molecular formula is C15H21ClN2O3. The lowest BCUT2D eigenvalue weighted by Gasteiger charge is -2.36. The van der Waals surface area contributed by atoms with Crippen molar-refractivity contribution in [1.29, 1.82) is 0 Å². The summed E-state index contributed by atoms with van der Waals surface area (Å²) >= 11 is 6.20. The van der Waals surface area contributed by atoms with E-state index in [4.69, 9.17) is 21.1 Å². The van der Waals surface area contributed by atoms with E-state index < -0.39 is 0 Å². The molecule has 0 aliphatic carbocycles. The molecule has 1 aliphatic rings. The molecule has 0 spiro atoms. The number of halogens is 1. The average Bonchev–Trinajstić information content (AvgIpc) is 2.52. The van der Waals surface area contributed by atoms with Gasteiger partial charge in [0.1, 0.15) is 6.61 Å². The number of ether oxygens (including phenoxy) is 2. The van der Waals surface area contributed by atoms with Crippen molar-refractivity contribution in [2.45, 2.75) is 0 Å². The first-order valence-corrected chi connectivity index (χ1v) is 7.44.